The van der Waals surface area contributed by atoms with Crippen LogP contribution in [0.5, 0.6) is 17.5 Å². The van der Waals surface area contributed by atoms with E-state index in [4.69, 9.17) is 14.6 Å². The van der Waals surface area contributed by atoms with Gasteiger partial charge in [-0.3, -0.25) is 10.1 Å². The molecule has 0 bridgehead atoms. The minimum absolute atomic E-state index is 0.0751. The van der Waals surface area contributed by atoms with Crippen molar-refractivity contribution in [3.63, 3.8) is 0 Å². The highest BCUT2D eigenvalue weighted by Gasteiger charge is 2.27. The molecular weight excluding hydrogens is 282 g/mol. The fourth-order valence-corrected chi connectivity index (χ4v) is 1.56. The second-order valence-corrected chi connectivity index (χ2v) is 3.70. The summed E-state index contributed by atoms with van der Waals surface area (Å²) in [5, 5.41) is 20.1. The van der Waals surface area contributed by atoms with Crippen LogP contribution in [0.3, 0.4) is 0 Å². The second kappa shape index (κ2) is 5.82. The number of nitrogens with zero attached hydrogens (tertiary/aromatic N) is 3. The summed E-state index contributed by atoms with van der Waals surface area (Å²) >= 11 is 0. The maximum Gasteiger partial charge on any atom is 0.392 e. The Balaban J connectivity index is 2.50. The third-order valence-electron chi connectivity index (χ3n) is 2.46. The van der Waals surface area contributed by atoms with Crippen LogP contribution in [0.2, 0.25) is 0 Å². The lowest BCUT2D eigenvalue weighted by atomic mass is 10.2. The van der Waals surface area contributed by atoms with Crippen LogP contribution in [0.15, 0.2) is 30.6 Å². The summed E-state index contributed by atoms with van der Waals surface area (Å²) in [6.45, 7) is 0. The van der Waals surface area contributed by atoms with E-state index in [9.17, 15) is 14.9 Å². The zero-order valence-electron chi connectivity index (χ0n) is 10.7. The van der Waals surface area contributed by atoms with Crippen LogP contribution in [0.1, 0.15) is 10.4 Å². The van der Waals surface area contributed by atoms with Gasteiger partial charge in [-0.2, -0.15) is 9.97 Å². The first-order valence-corrected chi connectivity index (χ1v) is 5.58. The number of ether oxygens (including phenoxy) is 2. The van der Waals surface area contributed by atoms with Crippen LogP contribution in [0.4, 0.5) is 5.69 Å². The number of aromatic nitrogens is 2. The topological polar surface area (TPSA) is 125 Å². The second-order valence-electron chi connectivity index (χ2n) is 3.70. The maximum atomic E-state index is 11.1. The number of aromatic carboxylic acids is 1. The number of nitro groups is 1. The van der Waals surface area contributed by atoms with Crippen molar-refractivity contribution >= 4 is 11.7 Å². The summed E-state index contributed by atoms with van der Waals surface area (Å²) in [6, 6.07) is 5.71. The van der Waals surface area contributed by atoms with E-state index < -0.39 is 22.5 Å². The minimum atomic E-state index is -1.23. The van der Waals surface area contributed by atoms with Crippen LogP contribution < -0.4 is 9.47 Å². The van der Waals surface area contributed by atoms with Crippen molar-refractivity contribution in [2.75, 3.05) is 7.11 Å². The fraction of sp³-hybridized carbons (Fsp3) is 0.0833. The van der Waals surface area contributed by atoms with E-state index in [2.05, 4.69) is 9.97 Å². The lowest BCUT2D eigenvalue weighted by molar-refractivity contribution is -0.387. The quantitative estimate of drug-likeness (QED) is 0.653. The fourth-order valence-electron chi connectivity index (χ4n) is 1.56. The Morgan fingerprint density at radius 2 is 1.95 bits per heavy atom. The third-order valence-corrected chi connectivity index (χ3v) is 2.46. The molecule has 21 heavy (non-hydrogen) atoms. The first-order valence-electron chi connectivity index (χ1n) is 5.58. The molecule has 108 valence electrons. The summed E-state index contributed by atoms with van der Waals surface area (Å²) in [7, 11) is 1.21. The monoisotopic (exact) mass is 291 g/mol. The van der Waals surface area contributed by atoms with Crippen molar-refractivity contribution in [1.82, 2.24) is 9.97 Å². The van der Waals surface area contributed by atoms with E-state index in [1.165, 1.54) is 31.4 Å². The lowest BCUT2D eigenvalue weighted by Gasteiger charge is -2.08. The molecule has 1 aromatic heterocycles. The van der Waals surface area contributed by atoms with E-state index >= 15 is 0 Å². The molecule has 0 atom stereocenters. The minimum Gasteiger partial charge on any atom is -0.478 e. The van der Waals surface area contributed by atoms with Crippen LogP contribution in [-0.4, -0.2) is 33.1 Å². The average molecular weight is 291 g/mol. The van der Waals surface area contributed by atoms with Gasteiger partial charge in [-0.05, 0) is 12.1 Å². The van der Waals surface area contributed by atoms with Crippen molar-refractivity contribution in [2.45, 2.75) is 0 Å². The Labute approximate surface area is 117 Å². The predicted octanol–water partition coefficient (Wildman–Crippen LogP) is 1.88. The summed E-state index contributed by atoms with van der Waals surface area (Å²) in [6.07, 6.45) is 1.02. The summed E-state index contributed by atoms with van der Waals surface area (Å²) in [5.41, 5.74) is -0.732. The number of methoxy groups -OCH3 is 1. The lowest BCUT2D eigenvalue weighted by Crippen LogP contribution is -2.04. The molecule has 0 saturated carbocycles. The maximum absolute atomic E-state index is 11.1. The van der Waals surface area contributed by atoms with Gasteiger partial charge in [0.15, 0.2) is 0 Å². The van der Waals surface area contributed by atoms with Gasteiger partial charge >= 0.3 is 23.4 Å². The molecule has 0 radical (unpaired) electrons. The first kappa shape index (κ1) is 14.2. The molecule has 9 nitrogen and oxygen atoms in total. The van der Waals surface area contributed by atoms with Gasteiger partial charge in [0.25, 0.3) is 0 Å². The number of benzene rings is 1. The SMILES string of the molecule is COc1ncnc(Oc2ccccc2C(=O)O)c1[N+](=O)[O-]. The number of hydrogen-bond donors (Lipinski definition) is 1. The van der Waals surface area contributed by atoms with Gasteiger partial charge in [0, 0.05) is 0 Å². The molecule has 0 amide bonds. The number of carboxylic acid groups (broad SMARTS) is 1. The molecule has 0 spiro atoms. The number of rotatable bonds is 5. The zero-order chi connectivity index (χ0) is 15.4. The van der Waals surface area contributed by atoms with E-state index in [1.54, 1.807) is 0 Å². The molecule has 1 heterocycles. The van der Waals surface area contributed by atoms with Crippen molar-refractivity contribution in [1.29, 1.82) is 0 Å². The van der Waals surface area contributed by atoms with Gasteiger partial charge in [0.1, 0.15) is 17.6 Å². The average Bonchev–Trinajstić information content (AvgIpc) is 2.47. The molecule has 1 N–H and O–H groups in total. The molecule has 2 aromatic rings. The van der Waals surface area contributed by atoms with Gasteiger partial charge < -0.3 is 14.6 Å². The Bertz CT molecular complexity index is 703. The smallest absolute Gasteiger partial charge is 0.392 e. The molecule has 0 aliphatic heterocycles. The highest BCUT2D eigenvalue weighted by atomic mass is 16.6. The Morgan fingerprint density at radius 3 is 2.57 bits per heavy atom. The molecule has 0 unspecified atom stereocenters. The van der Waals surface area contributed by atoms with Crippen LogP contribution >= 0.6 is 0 Å². The third kappa shape index (κ3) is 2.86. The number of hydrogen-bond acceptors (Lipinski definition) is 7. The summed E-state index contributed by atoms with van der Waals surface area (Å²) in [4.78, 5) is 28.6. The standard InChI is InChI=1S/C12H9N3O6/c1-20-10-9(15(18)19)11(14-6-13-10)21-8-5-3-2-4-7(8)12(16)17/h2-6H,1H3,(H,16,17). The Kier molecular flexibility index (Phi) is 3.93. The zero-order valence-corrected chi connectivity index (χ0v) is 10.7. The van der Waals surface area contributed by atoms with E-state index in [0.717, 1.165) is 6.33 Å². The highest BCUT2D eigenvalue weighted by molar-refractivity contribution is 5.90. The number of carboxylic acids is 1. The van der Waals surface area contributed by atoms with E-state index in [1.807, 2.05) is 0 Å². The Morgan fingerprint density at radius 1 is 1.29 bits per heavy atom. The Hall–Kier alpha value is -3.23. The summed E-state index contributed by atoms with van der Waals surface area (Å²) < 4.78 is 10.0. The molecule has 0 saturated heterocycles. The molecule has 1 aromatic carbocycles. The molecule has 0 fully saturated rings. The first-order chi connectivity index (χ1) is 10.0. The largest absolute Gasteiger partial charge is 0.478 e. The van der Waals surface area contributed by atoms with Crippen LogP contribution in [-0.2, 0) is 0 Å². The van der Waals surface area contributed by atoms with Gasteiger partial charge in [0.05, 0.1) is 12.0 Å². The van der Waals surface area contributed by atoms with E-state index in [-0.39, 0.29) is 17.2 Å². The van der Waals surface area contributed by atoms with Gasteiger partial charge in [0.2, 0.25) is 0 Å². The van der Waals surface area contributed by atoms with Crippen LogP contribution in [0, 0.1) is 10.1 Å². The molecule has 0 aliphatic carbocycles. The van der Waals surface area contributed by atoms with E-state index in [0.29, 0.717) is 0 Å². The number of carbonyl (C=O) groups is 1. The molecular formula is C12H9N3O6. The van der Waals surface area contributed by atoms with Crippen LogP contribution in [0.25, 0.3) is 0 Å². The number of para-hydroxylation sites is 1. The molecule has 0 aliphatic rings. The highest BCUT2D eigenvalue weighted by Crippen LogP contribution is 2.36. The van der Waals surface area contributed by atoms with Gasteiger partial charge in [-0.1, -0.05) is 12.1 Å². The molecule has 9 heteroatoms. The van der Waals surface area contributed by atoms with Gasteiger partial charge in [-0.15, -0.1) is 0 Å². The normalized spacial score (nSPS) is 9.95. The molecule has 2 rings (SSSR count). The van der Waals surface area contributed by atoms with Crippen molar-refractivity contribution in [2.24, 2.45) is 0 Å². The van der Waals surface area contributed by atoms with Crippen molar-refractivity contribution in [3.8, 4) is 17.5 Å². The summed E-state index contributed by atoms with van der Waals surface area (Å²) in [5.74, 6) is -1.98. The van der Waals surface area contributed by atoms with Crippen molar-refractivity contribution < 1.29 is 24.3 Å². The van der Waals surface area contributed by atoms with Crippen molar-refractivity contribution in [3.05, 3.63) is 46.3 Å². The van der Waals surface area contributed by atoms with Gasteiger partial charge in [-0.25, -0.2) is 4.79 Å². The predicted molar refractivity (Wildman–Crippen MR) is 68.7 cm³/mol.